The van der Waals surface area contributed by atoms with Crippen molar-refractivity contribution < 1.29 is 9.90 Å². The number of aromatic carboxylic acids is 1. The van der Waals surface area contributed by atoms with Gasteiger partial charge in [0.2, 0.25) is 0 Å². The Morgan fingerprint density at radius 3 is 2.47 bits per heavy atom. The quantitative estimate of drug-likeness (QED) is 0.904. The lowest BCUT2D eigenvalue weighted by atomic mass is 10.0. The maximum Gasteiger partial charge on any atom is 0.336 e. The van der Waals surface area contributed by atoms with Crippen LogP contribution in [0.3, 0.4) is 0 Å². The third kappa shape index (κ3) is 2.14. The van der Waals surface area contributed by atoms with Gasteiger partial charge < -0.3 is 9.67 Å². The van der Waals surface area contributed by atoms with E-state index in [1.807, 2.05) is 19.1 Å². The van der Waals surface area contributed by atoms with Gasteiger partial charge in [-0.1, -0.05) is 13.8 Å². The van der Waals surface area contributed by atoms with E-state index in [-0.39, 0.29) is 0 Å². The van der Waals surface area contributed by atoms with Crippen LogP contribution in [0.15, 0.2) is 12.1 Å². The van der Waals surface area contributed by atoms with Crippen molar-refractivity contribution in [1.29, 1.82) is 0 Å². The molecule has 0 spiro atoms. The summed E-state index contributed by atoms with van der Waals surface area (Å²) in [5.74, 6) is -0.848. The summed E-state index contributed by atoms with van der Waals surface area (Å²) < 4.78 is 2.25. The first-order valence-corrected chi connectivity index (χ1v) is 6.86. The standard InChI is InChI=1S/C16H21NO2/c1-5-7-17-11(4)12(6-2)14-8-10(3)13(16(18)19)9-15(14)17/h8-9H,5-7H2,1-4H3,(H,18,19). The van der Waals surface area contributed by atoms with E-state index in [4.69, 9.17) is 0 Å². The van der Waals surface area contributed by atoms with Crippen molar-refractivity contribution in [3.8, 4) is 0 Å². The van der Waals surface area contributed by atoms with Crippen LogP contribution in [0.4, 0.5) is 0 Å². The second-order valence-electron chi connectivity index (χ2n) is 5.06. The second kappa shape index (κ2) is 5.08. The zero-order valence-electron chi connectivity index (χ0n) is 12.1. The number of aryl methyl sites for hydroxylation is 3. The Bertz CT molecular complexity index is 638. The van der Waals surface area contributed by atoms with Gasteiger partial charge in [0.1, 0.15) is 0 Å². The van der Waals surface area contributed by atoms with Crippen molar-refractivity contribution in [2.45, 2.75) is 47.1 Å². The Hall–Kier alpha value is -1.77. The van der Waals surface area contributed by atoms with Gasteiger partial charge in [-0.2, -0.15) is 0 Å². The molecule has 0 atom stereocenters. The number of carbonyl (C=O) groups is 1. The highest BCUT2D eigenvalue weighted by Crippen LogP contribution is 2.29. The summed E-state index contributed by atoms with van der Waals surface area (Å²) in [5, 5.41) is 10.5. The zero-order valence-corrected chi connectivity index (χ0v) is 12.1. The largest absolute Gasteiger partial charge is 0.478 e. The average Bonchev–Trinajstić information content (AvgIpc) is 2.61. The highest BCUT2D eigenvalue weighted by atomic mass is 16.4. The number of carboxylic acids is 1. The summed E-state index contributed by atoms with van der Waals surface area (Å²) in [7, 11) is 0. The number of hydrogen-bond donors (Lipinski definition) is 1. The Balaban J connectivity index is 2.82. The van der Waals surface area contributed by atoms with Crippen LogP contribution in [0, 0.1) is 13.8 Å². The predicted molar refractivity (Wildman–Crippen MR) is 78.0 cm³/mol. The van der Waals surface area contributed by atoms with Gasteiger partial charge in [0, 0.05) is 23.1 Å². The molecule has 3 nitrogen and oxygen atoms in total. The molecule has 1 aromatic carbocycles. The molecule has 2 rings (SSSR count). The van der Waals surface area contributed by atoms with E-state index < -0.39 is 5.97 Å². The molecule has 0 saturated carbocycles. The van der Waals surface area contributed by atoms with Crippen LogP contribution in [-0.2, 0) is 13.0 Å². The molecule has 0 aliphatic heterocycles. The van der Waals surface area contributed by atoms with Crippen LogP contribution >= 0.6 is 0 Å². The predicted octanol–water partition coefficient (Wildman–Crippen LogP) is 3.93. The van der Waals surface area contributed by atoms with E-state index in [1.54, 1.807) is 0 Å². The number of fused-ring (bicyclic) bond motifs is 1. The average molecular weight is 259 g/mol. The smallest absolute Gasteiger partial charge is 0.336 e. The summed E-state index contributed by atoms with van der Waals surface area (Å²) in [6.45, 7) is 9.23. The van der Waals surface area contributed by atoms with E-state index in [1.165, 1.54) is 16.6 Å². The maximum absolute atomic E-state index is 11.3. The summed E-state index contributed by atoms with van der Waals surface area (Å²) in [4.78, 5) is 11.3. The first-order valence-electron chi connectivity index (χ1n) is 6.86. The summed E-state index contributed by atoms with van der Waals surface area (Å²) in [5.41, 5.74) is 4.90. The van der Waals surface area contributed by atoms with Gasteiger partial charge in [0.05, 0.1) is 5.56 Å². The fourth-order valence-electron chi connectivity index (χ4n) is 2.89. The van der Waals surface area contributed by atoms with Crippen molar-refractivity contribution >= 4 is 16.9 Å². The fraction of sp³-hybridized carbons (Fsp3) is 0.438. The molecule has 2 aromatic rings. The Labute approximate surface area is 113 Å². The minimum atomic E-state index is -0.848. The number of carboxylic acid groups (broad SMARTS) is 1. The number of nitrogens with zero attached hydrogens (tertiary/aromatic N) is 1. The molecule has 0 amide bonds. The van der Waals surface area contributed by atoms with Crippen molar-refractivity contribution in [2.24, 2.45) is 0 Å². The normalized spacial score (nSPS) is 11.2. The molecule has 1 aromatic heterocycles. The third-order valence-corrected chi connectivity index (χ3v) is 3.83. The lowest BCUT2D eigenvalue weighted by Crippen LogP contribution is -2.02. The van der Waals surface area contributed by atoms with Crippen molar-refractivity contribution in [1.82, 2.24) is 4.57 Å². The van der Waals surface area contributed by atoms with Gasteiger partial charge in [-0.15, -0.1) is 0 Å². The number of rotatable bonds is 4. The topological polar surface area (TPSA) is 42.2 Å². The minimum Gasteiger partial charge on any atom is -0.478 e. The lowest BCUT2D eigenvalue weighted by Gasteiger charge is -2.07. The molecule has 0 saturated heterocycles. The van der Waals surface area contributed by atoms with E-state index in [9.17, 15) is 9.90 Å². The molecule has 19 heavy (non-hydrogen) atoms. The van der Waals surface area contributed by atoms with Gasteiger partial charge in [-0.25, -0.2) is 4.79 Å². The molecule has 1 heterocycles. The summed E-state index contributed by atoms with van der Waals surface area (Å²) in [6.07, 6.45) is 2.02. The first kappa shape index (κ1) is 13.7. The van der Waals surface area contributed by atoms with Crippen LogP contribution < -0.4 is 0 Å². The number of benzene rings is 1. The van der Waals surface area contributed by atoms with Gasteiger partial charge in [-0.3, -0.25) is 0 Å². The summed E-state index contributed by atoms with van der Waals surface area (Å²) >= 11 is 0. The Morgan fingerprint density at radius 1 is 1.26 bits per heavy atom. The van der Waals surface area contributed by atoms with E-state index in [2.05, 4.69) is 25.3 Å². The van der Waals surface area contributed by atoms with Gasteiger partial charge >= 0.3 is 5.97 Å². The number of aromatic nitrogens is 1. The molecule has 1 N–H and O–H groups in total. The molecule has 0 unspecified atom stereocenters. The SMILES string of the molecule is CCCn1c(C)c(CC)c2cc(C)c(C(=O)O)cc21. The summed E-state index contributed by atoms with van der Waals surface area (Å²) in [6, 6.07) is 3.85. The van der Waals surface area contributed by atoms with Crippen LogP contribution in [0.25, 0.3) is 10.9 Å². The van der Waals surface area contributed by atoms with Crippen molar-refractivity contribution in [3.63, 3.8) is 0 Å². The van der Waals surface area contributed by atoms with Crippen LogP contribution in [-0.4, -0.2) is 15.6 Å². The van der Waals surface area contributed by atoms with Crippen LogP contribution in [0.2, 0.25) is 0 Å². The van der Waals surface area contributed by atoms with E-state index in [0.717, 1.165) is 30.5 Å². The van der Waals surface area contributed by atoms with Crippen molar-refractivity contribution in [2.75, 3.05) is 0 Å². The van der Waals surface area contributed by atoms with E-state index >= 15 is 0 Å². The molecule has 102 valence electrons. The molecule has 0 radical (unpaired) electrons. The minimum absolute atomic E-state index is 0.407. The highest BCUT2D eigenvalue weighted by molar-refractivity contribution is 5.96. The molecule has 0 aliphatic carbocycles. The second-order valence-corrected chi connectivity index (χ2v) is 5.06. The third-order valence-electron chi connectivity index (χ3n) is 3.83. The van der Waals surface area contributed by atoms with E-state index in [0.29, 0.717) is 5.56 Å². The lowest BCUT2D eigenvalue weighted by molar-refractivity contribution is 0.0696. The molecular weight excluding hydrogens is 238 g/mol. The zero-order chi connectivity index (χ0) is 14.2. The Kier molecular flexibility index (Phi) is 3.65. The highest BCUT2D eigenvalue weighted by Gasteiger charge is 2.16. The van der Waals surface area contributed by atoms with Crippen LogP contribution in [0.5, 0.6) is 0 Å². The van der Waals surface area contributed by atoms with Crippen molar-refractivity contribution in [3.05, 3.63) is 34.5 Å². The molecule has 0 bridgehead atoms. The molecule has 3 heteroatoms. The number of hydrogen-bond acceptors (Lipinski definition) is 1. The van der Waals surface area contributed by atoms with Gasteiger partial charge in [0.25, 0.3) is 0 Å². The fourth-order valence-corrected chi connectivity index (χ4v) is 2.89. The molecule has 0 aliphatic rings. The van der Waals surface area contributed by atoms with Gasteiger partial charge in [-0.05, 0) is 49.9 Å². The maximum atomic E-state index is 11.3. The van der Waals surface area contributed by atoms with Gasteiger partial charge in [0.15, 0.2) is 0 Å². The molecule has 0 fully saturated rings. The van der Waals surface area contributed by atoms with Crippen LogP contribution in [0.1, 0.15) is 47.4 Å². The Morgan fingerprint density at radius 2 is 1.95 bits per heavy atom. The first-order chi connectivity index (χ1) is 9.01. The molecular formula is C16H21NO2. The monoisotopic (exact) mass is 259 g/mol.